The number of aromatic hydroxyl groups is 1. The van der Waals surface area contributed by atoms with E-state index in [0.29, 0.717) is 11.6 Å². The molecular formula is C11H11BrClNO. The van der Waals surface area contributed by atoms with Gasteiger partial charge in [0, 0.05) is 16.1 Å². The normalized spacial score (nSPS) is 12.1. The van der Waals surface area contributed by atoms with Crippen LogP contribution in [-0.4, -0.2) is 11.7 Å². The van der Waals surface area contributed by atoms with E-state index in [9.17, 15) is 5.11 Å². The predicted molar refractivity (Wildman–Crippen MR) is 66.1 cm³/mol. The topological polar surface area (TPSA) is 32.3 Å². The molecule has 0 aromatic heterocycles. The van der Waals surface area contributed by atoms with Crippen LogP contribution >= 0.6 is 27.5 Å². The fourth-order valence-electron chi connectivity index (χ4n) is 1.24. The van der Waals surface area contributed by atoms with Gasteiger partial charge in [-0.15, -0.1) is 6.42 Å². The van der Waals surface area contributed by atoms with Crippen molar-refractivity contribution in [3.05, 3.63) is 27.2 Å². The first-order valence-electron chi connectivity index (χ1n) is 4.41. The lowest BCUT2D eigenvalue weighted by atomic mass is 10.1. The minimum atomic E-state index is -0.0453. The summed E-state index contributed by atoms with van der Waals surface area (Å²) in [4.78, 5) is 0. The number of rotatable bonds is 3. The van der Waals surface area contributed by atoms with Crippen molar-refractivity contribution in [2.24, 2.45) is 0 Å². The van der Waals surface area contributed by atoms with Gasteiger partial charge in [0.25, 0.3) is 0 Å². The Kier molecular flexibility index (Phi) is 4.46. The summed E-state index contributed by atoms with van der Waals surface area (Å²) < 4.78 is 0.828. The summed E-state index contributed by atoms with van der Waals surface area (Å²) in [5.74, 6) is 2.57. The summed E-state index contributed by atoms with van der Waals surface area (Å²) >= 11 is 9.17. The average molecular weight is 289 g/mol. The van der Waals surface area contributed by atoms with Crippen LogP contribution in [0.3, 0.4) is 0 Å². The van der Waals surface area contributed by atoms with Crippen molar-refractivity contribution in [1.82, 2.24) is 5.32 Å². The molecule has 4 heteroatoms. The van der Waals surface area contributed by atoms with E-state index < -0.39 is 0 Å². The Bertz CT molecular complexity index is 400. The molecule has 0 aliphatic carbocycles. The van der Waals surface area contributed by atoms with Gasteiger partial charge >= 0.3 is 0 Å². The fraction of sp³-hybridized carbons (Fsp3) is 0.273. The maximum absolute atomic E-state index is 9.75. The molecule has 1 aromatic rings. The standard InChI is InChI=1S/C11H11BrClNO/c1-3-4-14-7(2)9-5-8(12)6-10(13)11(9)15/h1,5-7,14-15H,4H2,2H3. The molecule has 1 unspecified atom stereocenters. The number of halogens is 2. The van der Waals surface area contributed by atoms with Crippen molar-refractivity contribution in [3.63, 3.8) is 0 Å². The van der Waals surface area contributed by atoms with Crippen LogP contribution in [0.4, 0.5) is 0 Å². The second kappa shape index (κ2) is 5.41. The van der Waals surface area contributed by atoms with Gasteiger partial charge in [-0.1, -0.05) is 33.5 Å². The Morgan fingerprint density at radius 1 is 1.67 bits per heavy atom. The molecule has 2 N–H and O–H groups in total. The first kappa shape index (κ1) is 12.4. The highest BCUT2D eigenvalue weighted by Gasteiger charge is 2.13. The largest absolute Gasteiger partial charge is 0.506 e. The summed E-state index contributed by atoms with van der Waals surface area (Å²) in [5, 5.41) is 13.1. The second-order valence-electron chi connectivity index (χ2n) is 3.13. The molecule has 1 rings (SSSR count). The Balaban J connectivity index is 2.98. The number of terminal acetylenes is 1. The number of nitrogens with one attached hydrogen (secondary N) is 1. The fourth-order valence-corrected chi connectivity index (χ4v) is 2.07. The van der Waals surface area contributed by atoms with Crippen LogP contribution in [0, 0.1) is 12.3 Å². The second-order valence-corrected chi connectivity index (χ2v) is 4.46. The Morgan fingerprint density at radius 2 is 2.33 bits per heavy atom. The number of hydrogen-bond acceptors (Lipinski definition) is 2. The zero-order valence-electron chi connectivity index (χ0n) is 8.22. The Labute approximate surface area is 103 Å². The maximum atomic E-state index is 9.75. The van der Waals surface area contributed by atoms with Gasteiger partial charge in [0.1, 0.15) is 5.75 Å². The minimum absolute atomic E-state index is 0.0453. The summed E-state index contributed by atoms with van der Waals surface area (Å²) in [6.07, 6.45) is 5.14. The smallest absolute Gasteiger partial charge is 0.139 e. The summed E-state index contributed by atoms with van der Waals surface area (Å²) in [6.45, 7) is 2.36. The zero-order chi connectivity index (χ0) is 11.4. The van der Waals surface area contributed by atoms with Gasteiger partial charge in [-0.2, -0.15) is 0 Å². The van der Waals surface area contributed by atoms with E-state index >= 15 is 0 Å². The van der Waals surface area contributed by atoms with E-state index in [1.807, 2.05) is 13.0 Å². The van der Waals surface area contributed by atoms with Gasteiger partial charge in [0.2, 0.25) is 0 Å². The van der Waals surface area contributed by atoms with Gasteiger partial charge in [-0.3, -0.25) is 5.32 Å². The predicted octanol–water partition coefficient (Wildman–Crippen LogP) is 3.09. The molecule has 0 aliphatic heterocycles. The number of phenols is 1. The van der Waals surface area contributed by atoms with E-state index in [-0.39, 0.29) is 11.8 Å². The maximum Gasteiger partial charge on any atom is 0.139 e. The van der Waals surface area contributed by atoms with Crippen molar-refractivity contribution in [2.45, 2.75) is 13.0 Å². The molecule has 15 heavy (non-hydrogen) atoms. The van der Waals surface area contributed by atoms with E-state index in [1.165, 1.54) is 0 Å². The highest BCUT2D eigenvalue weighted by Crippen LogP contribution is 2.34. The molecule has 0 spiro atoms. The molecule has 0 radical (unpaired) electrons. The lowest BCUT2D eigenvalue weighted by Crippen LogP contribution is -2.18. The quantitative estimate of drug-likeness (QED) is 0.838. The Hall–Kier alpha value is -0.690. The van der Waals surface area contributed by atoms with Crippen LogP contribution in [0.1, 0.15) is 18.5 Å². The number of hydrogen-bond donors (Lipinski definition) is 2. The summed E-state index contributed by atoms with van der Waals surface area (Å²) in [6, 6.07) is 3.42. The Morgan fingerprint density at radius 3 is 2.93 bits per heavy atom. The average Bonchev–Trinajstić information content (AvgIpc) is 2.19. The van der Waals surface area contributed by atoms with Crippen LogP contribution in [0.15, 0.2) is 16.6 Å². The highest BCUT2D eigenvalue weighted by atomic mass is 79.9. The van der Waals surface area contributed by atoms with Crippen molar-refractivity contribution in [2.75, 3.05) is 6.54 Å². The SMILES string of the molecule is C#CCNC(C)c1cc(Br)cc(Cl)c1O. The van der Waals surface area contributed by atoms with Crippen LogP contribution in [0.2, 0.25) is 5.02 Å². The van der Waals surface area contributed by atoms with Crippen LogP contribution < -0.4 is 5.32 Å². The van der Waals surface area contributed by atoms with E-state index in [0.717, 1.165) is 10.0 Å². The lowest BCUT2D eigenvalue weighted by molar-refractivity contribution is 0.456. The van der Waals surface area contributed by atoms with E-state index in [1.54, 1.807) is 6.07 Å². The first-order valence-corrected chi connectivity index (χ1v) is 5.58. The van der Waals surface area contributed by atoms with E-state index in [4.69, 9.17) is 18.0 Å². The van der Waals surface area contributed by atoms with Crippen molar-refractivity contribution < 1.29 is 5.11 Å². The first-order chi connectivity index (χ1) is 7.06. The highest BCUT2D eigenvalue weighted by molar-refractivity contribution is 9.10. The van der Waals surface area contributed by atoms with Gasteiger partial charge in [0.05, 0.1) is 11.6 Å². The molecule has 0 saturated carbocycles. The third-order valence-corrected chi connectivity index (χ3v) is 2.78. The molecule has 80 valence electrons. The zero-order valence-corrected chi connectivity index (χ0v) is 10.6. The van der Waals surface area contributed by atoms with Gasteiger partial charge in [-0.05, 0) is 19.1 Å². The molecule has 0 heterocycles. The van der Waals surface area contributed by atoms with Crippen molar-refractivity contribution >= 4 is 27.5 Å². The molecule has 2 nitrogen and oxygen atoms in total. The van der Waals surface area contributed by atoms with Crippen LogP contribution in [0.5, 0.6) is 5.75 Å². The molecule has 0 bridgehead atoms. The summed E-state index contributed by atoms with van der Waals surface area (Å²) in [7, 11) is 0. The molecular weight excluding hydrogens is 277 g/mol. The van der Waals surface area contributed by atoms with Gasteiger partial charge in [0.15, 0.2) is 0 Å². The third-order valence-electron chi connectivity index (χ3n) is 2.03. The number of benzene rings is 1. The molecule has 1 aromatic carbocycles. The third kappa shape index (κ3) is 3.13. The molecule has 0 amide bonds. The lowest BCUT2D eigenvalue weighted by Gasteiger charge is -2.15. The molecule has 0 saturated heterocycles. The van der Waals surface area contributed by atoms with E-state index in [2.05, 4.69) is 27.2 Å². The number of phenolic OH excluding ortho intramolecular Hbond substituents is 1. The monoisotopic (exact) mass is 287 g/mol. The van der Waals surface area contributed by atoms with Crippen LogP contribution in [-0.2, 0) is 0 Å². The molecule has 0 fully saturated rings. The summed E-state index contributed by atoms with van der Waals surface area (Å²) in [5.41, 5.74) is 0.727. The molecule has 1 atom stereocenters. The van der Waals surface area contributed by atoms with Crippen molar-refractivity contribution in [1.29, 1.82) is 0 Å². The van der Waals surface area contributed by atoms with Gasteiger partial charge < -0.3 is 5.11 Å². The van der Waals surface area contributed by atoms with Gasteiger partial charge in [-0.25, -0.2) is 0 Å². The molecule has 0 aliphatic rings. The van der Waals surface area contributed by atoms with Crippen LogP contribution in [0.25, 0.3) is 0 Å². The minimum Gasteiger partial charge on any atom is -0.506 e. The van der Waals surface area contributed by atoms with Crippen molar-refractivity contribution in [3.8, 4) is 18.1 Å².